The first kappa shape index (κ1) is 14.7. The van der Waals surface area contributed by atoms with Crippen molar-refractivity contribution in [2.75, 3.05) is 39.8 Å². The predicted octanol–water partition coefficient (Wildman–Crippen LogP) is 0.193. The second-order valence-electron chi connectivity index (χ2n) is 5.29. The number of carbonyl (C=O) groups excluding carboxylic acids is 1. The number of furan rings is 1. The molecule has 3 heterocycles. The second-order valence-corrected chi connectivity index (χ2v) is 5.29. The van der Waals surface area contributed by atoms with Crippen molar-refractivity contribution in [1.82, 2.24) is 25.3 Å². The molecule has 8 heteroatoms. The molecule has 2 aromatic rings. The highest BCUT2D eigenvalue weighted by Crippen LogP contribution is 2.16. The van der Waals surface area contributed by atoms with Gasteiger partial charge >= 0.3 is 0 Å². The summed E-state index contributed by atoms with van der Waals surface area (Å²) in [7, 11) is 1.86. The third-order valence-electron chi connectivity index (χ3n) is 3.49. The Hall–Kier alpha value is -2.19. The number of likely N-dealkylation sites (N-methyl/N-ethyl adjacent to an activating group) is 1. The van der Waals surface area contributed by atoms with Gasteiger partial charge in [-0.2, -0.15) is 4.98 Å². The zero-order chi connectivity index (χ0) is 15.4. The van der Waals surface area contributed by atoms with Crippen LogP contribution in [0, 0.1) is 0 Å². The van der Waals surface area contributed by atoms with E-state index in [2.05, 4.69) is 15.5 Å². The van der Waals surface area contributed by atoms with Gasteiger partial charge in [0.05, 0.1) is 19.4 Å². The van der Waals surface area contributed by atoms with Gasteiger partial charge in [0.25, 0.3) is 0 Å². The van der Waals surface area contributed by atoms with Gasteiger partial charge in [-0.15, -0.1) is 0 Å². The highest BCUT2D eigenvalue weighted by molar-refractivity contribution is 5.78. The highest BCUT2D eigenvalue weighted by Gasteiger charge is 2.19. The van der Waals surface area contributed by atoms with Crippen molar-refractivity contribution in [2.24, 2.45) is 0 Å². The number of hydrogen-bond acceptors (Lipinski definition) is 7. The normalized spacial score (nSPS) is 15.5. The van der Waals surface area contributed by atoms with Gasteiger partial charge in [-0.25, -0.2) is 0 Å². The highest BCUT2D eigenvalue weighted by atomic mass is 16.5. The lowest BCUT2D eigenvalue weighted by atomic mass is 10.3. The van der Waals surface area contributed by atoms with Crippen molar-refractivity contribution in [3.8, 4) is 11.6 Å². The number of nitrogens with one attached hydrogen (secondary N) is 1. The SMILES string of the molecule is CN(CC(=O)N1CCNCC1)Cc1nc(-c2ccco2)no1. The number of piperazine rings is 1. The Kier molecular flexibility index (Phi) is 4.50. The van der Waals surface area contributed by atoms with Crippen molar-refractivity contribution in [3.63, 3.8) is 0 Å². The lowest BCUT2D eigenvalue weighted by molar-refractivity contribution is -0.132. The van der Waals surface area contributed by atoms with Crippen molar-refractivity contribution in [2.45, 2.75) is 6.54 Å². The maximum atomic E-state index is 12.2. The number of hydrogen-bond donors (Lipinski definition) is 1. The topological polar surface area (TPSA) is 87.6 Å². The van der Waals surface area contributed by atoms with Gasteiger partial charge in [0.2, 0.25) is 17.6 Å². The average Bonchev–Trinajstić information content (AvgIpc) is 3.19. The molecule has 2 aromatic heterocycles. The molecule has 0 radical (unpaired) electrons. The molecule has 0 atom stereocenters. The molecule has 1 saturated heterocycles. The first-order valence-electron chi connectivity index (χ1n) is 7.26. The molecular formula is C14H19N5O3. The van der Waals surface area contributed by atoms with Gasteiger partial charge in [0, 0.05) is 26.2 Å². The van der Waals surface area contributed by atoms with Gasteiger partial charge < -0.3 is 19.2 Å². The van der Waals surface area contributed by atoms with Crippen LogP contribution >= 0.6 is 0 Å². The summed E-state index contributed by atoms with van der Waals surface area (Å²) >= 11 is 0. The third kappa shape index (κ3) is 3.52. The first-order chi connectivity index (χ1) is 10.7. The fourth-order valence-electron chi connectivity index (χ4n) is 2.36. The zero-order valence-corrected chi connectivity index (χ0v) is 12.5. The molecule has 0 aromatic carbocycles. The molecule has 8 nitrogen and oxygen atoms in total. The Morgan fingerprint density at radius 1 is 1.45 bits per heavy atom. The minimum atomic E-state index is 0.120. The summed E-state index contributed by atoms with van der Waals surface area (Å²) in [5, 5.41) is 7.10. The van der Waals surface area contributed by atoms with Crippen LogP contribution in [-0.2, 0) is 11.3 Å². The van der Waals surface area contributed by atoms with E-state index in [9.17, 15) is 4.79 Å². The molecule has 0 saturated carbocycles. The monoisotopic (exact) mass is 305 g/mol. The molecular weight excluding hydrogens is 286 g/mol. The largest absolute Gasteiger partial charge is 0.461 e. The Labute approximate surface area is 128 Å². The Bertz CT molecular complexity index is 604. The van der Waals surface area contributed by atoms with E-state index < -0.39 is 0 Å². The van der Waals surface area contributed by atoms with E-state index in [1.807, 2.05) is 16.8 Å². The molecule has 118 valence electrons. The Morgan fingerprint density at radius 3 is 3.00 bits per heavy atom. The van der Waals surface area contributed by atoms with Crippen LogP contribution < -0.4 is 5.32 Å². The van der Waals surface area contributed by atoms with E-state index in [1.165, 1.54) is 0 Å². The quantitative estimate of drug-likeness (QED) is 0.844. The van der Waals surface area contributed by atoms with Gasteiger partial charge in [0.1, 0.15) is 0 Å². The van der Waals surface area contributed by atoms with Crippen LogP contribution in [0.2, 0.25) is 0 Å². The number of carbonyl (C=O) groups is 1. The van der Waals surface area contributed by atoms with E-state index in [0.717, 1.165) is 26.2 Å². The van der Waals surface area contributed by atoms with E-state index >= 15 is 0 Å². The summed E-state index contributed by atoms with van der Waals surface area (Å²) in [6, 6.07) is 3.54. The smallest absolute Gasteiger partial charge is 0.241 e. The van der Waals surface area contributed by atoms with E-state index in [1.54, 1.807) is 18.4 Å². The summed E-state index contributed by atoms with van der Waals surface area (Å²) in [5.74, 6) is 1.56. The summed E-state index contributed by atoms with van der Waals surface area (Å²) in [4.78, 5) is 20.2. The van der Waals surface area contributed by atoms with Gasteiger partial charge in [-0.1, -0.05) is 5.16 Å². The lowest BCUT2D eigenvalue weighted by Gasteiger charge is -2.28. The minimum absolute atomic E-state index is 0.120. The maximum Gasteiger partial charge on any atom is 0.241 e. The molecule has 1 fully saturated rings. The van der Waals surface area contributed by atoms with Crippen molar-refractivity contribution >= 4 is 5.91 Å². The Morgan fingerprint density at radius 2 is 2.27 bits per heavy atom. The van der Waals surface area contributed by atoms with Crippen LogP contribution in [0.4, 0.5) is 0 Å². The second kappa shape index (κ2) is 6.71. The maximum absolute atomic E-state index is 12.2. The molecule has 1 amide bonds. The van der Waals surface area contributed by atoms with Gasteiger partial charge in [0.15, 0.2) is 5.76 Å². The van der Waals surface area contributed by atoms with Crippen molar-refractivity contribution in [3.05, 3.63) is 24.3 Å². The molecule has 3 rings (SSSR count). The fourth-order valence-corrected chi connectivity index (χ4v) is 2.36. The van der Waals surface area contributed by atoms with Crippen molar-refractivity contribution < 1.29 is 13.7 Å². The number of amides is 1. The van der Waals surface area contributed by atoms with Crippen molar-refractivity contribution in [1.29, 1.82) is 0 Å². The number of aromatic nitrogens is 2. The number of rotatable bonds is 5. The molecule has 22 heavy (non-hydrogen) atoms. The number of nitrogens with zero attached hydrogens (tertiary/aromatic N) is 4. The first-order valence-corrected chi connectivity index (χ1v) is 7.26. The summed E-state index contributed by atoms with van der Waals surface area (Å²) in [6.45, 7) is 3.98. The summed E-state index contributed by atoms with van der Waals surface area (Å²) in [6.07, 6.45) is 1.56. The molecule has 0 unspecified atom stereocenters. The minimum Gasteiger partial charge on any atom is -0.461 e. The molecule has 1 N–H and O–H groups in total. The van der Waals surface area contributed by atoms with Gasteiger partial charge in [-0.3, -0.25) is 9.69 Å². The van der Waals surface area contributed by atoms with Crippen LogP contribution in [-0.4, -0.2) is 65.6 Å². The van der Waals surface area contributed by atoms with Crippen LogP contribution in [0.1, 0.15) is 5.89 Å². The molecule has 0 aliphatic carbocycles. The predicted molar refractivity (Wildman–Crippen MR) is 77.8 cm³/mol. The molecule has 0 spiro atoms. The van der Waals surface area contributed by atoms with Crippen LogP contribution in [0.25, 0.3) is 11.6 Å². The Balaban J connectivity index is 1.53. The third-order valence-corrected chi connectivity index (χ3v) is 3.49. The molecule has 1 aliphatic heterocycles. The molecule has 0 bridgehead atoms. The van der Waals surface area contributed by atoms with E-state index in [0.29, 0.717) is 30.6 Å². The zero-order valence-electron chi connectivity index (χ0n) is 12.5. The van der Waals surface area contributed by atoms with E-state index in [4.69, 9.17) is 8.94 Å². The van der Waals surface area contributed by atoms with Crippen LogP contribution in [0.3, 0.4) is 0 Å². The van der Waals surface area contributed by atoms with Gasteiger partial charge in [-0.05, 0) is 19.2 Å². The summed E-state index contributed by atoms with van der Waals surface area (Å²) in [5.41, 5.74) is 0. The standard InChI is InChI=1S/C14H19N5O3/c1-18(10-13(20)19-6-4-15-5-7-19)9-12-16-14(17-22-12)11-3-2-8-21-11/h2-3,8,15H,4-7,9-10H2,1H3. The average molecular weight is 305 g/mol. The van der Waals surface area contributed by atoms with Crippen LogP contribution in [0.15, 0.2) is 27.3 Å². The fraction of sp³-hybridized carbons (Fsp3) is 0.500. The summed E-state index contributed by atoms with van der Waals surface area (Å²) < 4.78 is 10.4. The molecule has 1 aliphatic rings. The van der Waals surface area contributed by atoms with Crippen LogP contribution in [0.5, 0.6) is 0 Å². The van der Waals surface area contributed by atoms with E-state index in [-0.39, 0.29) is 5.91 Å². The lowest BCUT2D eigenvalue weighted by Crippen LogP contribution is -2.49.